The van der Waals surface area contributed by atoms with Gasteiger partial charge in [-0.2, -0.15) is 17.6 Å². The first kappa shape index (κ1) is 10.4. The maximum absolute atomic E-state index is 12.6. The van der Waals surface area contributed by atoms with Crippen molar-refractivity contribution in [3.8, 4) is 0 Å². The molecule has 0 unspecified atom stereocenters. The highest BCUT2D eigenvalue weighted by molar-refractivity contribution is 9.08. The maximum Gasteiger partial charge on any atom is 0.417 e. The van der Waals surface area contributed by atoms with E-state index >= 15 is 0 Å². The van der Waals surface area contributed by atoms with Gasteiger partial charge in [0.25, 0.3) is 0 Å². The van der Waals surface area contributed by atoms with Crippen LogP contribution in [0, 0.1) is 5.95 Å². The summed E-state index contributed by atoms with van der Waals surface area (Å²) in [7, 11) is 0. The SMILES string of the molecule is Fc1ncc(C(F)(F)F)cc1CBr. The maximum atomic E-state index is 12.6. The minimum absolute atomic E-state index is 0.00968. The van der Waals surface area contributed by atoms with Crippen LogP contribution in [0.15, 0.2) is 12.3 Å². The quantitative estimate of drug-likeness (QED) is 0.428. The zero-order valence-corrected chi connectivity index (χ0v) is 7.78. The predicted molar refractivity (Wildman–Crippen MR) is 41.8 cm³/mol. The van der Waals surface area contributed by atoms with Crippen molar-refractivity contribution < 1.29 is 17.6 Å². The summed E-state index contributed by atoms with van der Waals surface area (Å²) in [6.07, 6.45) is -4.00. The molecule has 0 atom stereocenters. The van der Waals surface area contributed by atoms with Gasteiger partial charge in [0.15, 0.2) is 0 Å². The summed E-state index contributed by atoms with van der Waals surface area (Å²) < 4.78 is 48.8. The van der Waals surface area contributed by atoms with Crippen LogP contribution in [0.2, 0.25) is 0 Å². The van der Waals surface area contributed by atoms with E-state index in [1.54, 1.807) is 0 Å². The molecule has 0 amide bonds. The summed E-state index contributed by atoms with van der Waals surface area (Å²) in [6, 6.07) is 0.733. The van der Waals surface area contributed by atoms with Crippen molar-refractivity contribution in [2.75, 3.05) is 0 Å². The number of hydrogen-bond donors (Lipinski definition) is 0. The first-order valence-electron chi connectivity index (χ1n) is 3.22. The van der Waals surface area contributed by atoms with E-state index in [4.69, 9.17) is 0 Å². The van der Waals surface area contributed by atoms with E-state index in [-0.39, 0.29) is 10.9 Å². The van der Waals surface area contributed by atoms with Gasteiger partial charge in [-0.25, -0.2) is 4.98 Å². The molecule has 1 heterocycles. The van der Waals surface area contributed by atoms with Crippen molar-refractivity contribution >= 4 is 15.9 Å². The molecule has 1 rings (SSSR count). The highest BCUT2D eigenvalue weighted by Crippen LogP contribution is 2.29. The van der Waals surface area contributed by atoms with Crippen molar-refractivity contribution in [1.29, 1.82) is 0 Å². The van der Waals surface area contributed by atoms with Crippen molar-refractivity contribution in [2.24, 2.45) is 0 Å². The Hall–Kier alpha value is -0.650. The minimum Gasteiger partial charge on any atom is -0.227 e. The fourth-order valence-corrected chi connectivity index (χ4v) is 1.14. The van der Waals surface area contributed by atoms with Crippen LogP contribution in [0.25, 0.3) is 0 Å². The van der Waals surface area contributed by atoms with Gasteiger partial charge in [-0.1, -0.05) is 15.9 Å². The molecule has 0 N–H and O–H groups in total. The number of pyridine rings is 1. The van der Waals surface area contributed by atoms with E-state index in [0.29, 0.717) is 6.20 Å². The molecule has 0 saturated carbocycles. The number of rotatable bonds is 1. The van der Waals surface area contributed by atoms with Gasteiger partial charge in [0.2, 0.25) is 5.95 Å². The van der Waals surface area contributed by atoms with Crippen molar-refractivity contribution in [3.05, 3.63) is 29.3 Å². The van der Waals surface area contributed by atoms with E-state index in [1.807, 2.05) is 0 Å². The van der Waals surface area contributed by atoms with Gasteiger partial charge in [0.1, 0.15) is 0 Å². The first-order valence-corrected chi connectivity index (χ1v) is 4.35. The second-order valence-electron chi connectivity index (χ2n) is 2.31. The number of aromatic nitrogens is 1. The molecular weight excluding hydrogens is 254 g/mol. The molecule has 1 nitrogen and oxygen atoms in total. The summed E-state index contributed by atoms with van der Waals surface area (Å²) in [6.45, 7) is 0. The van der Waals surface area contributed by atoms with Crippen LogP contribution in [-0.2, 0) is 11.5 Å². The third-order valence-electron chi connectivity index (χ3n) is 1.38. The van der Waals surface area contributed by atoms with E-state index in [2.05, 4.69) is 20.9 Å². The molecule has 0 radical (unpaired) electrons. The van der Waals surface area contributed by atoms with Crippen LogP contribution in [0.3, 0.4) is 0 Å². The minimum atomic E-state index is -4.47. The second kappa shape index (κ2) is 3.61. The van der Waals surface area contributed by atoms with Gasteiger partial charge in [0, 0.05) is 17.1 Å². The van der Waals surface area contributed by atoms with Gasteiger partial charge < -0.3 is 0 Å². The molecule has 0 saturated heterocycles. The molecular formula is C7H4BrF4N. The van der Waals surface area contributed by atoms with Gasteiger partial charge in [-0.05, 0) is 6.07 Å². The van der Waals surface area contributed by atoms with Crippen molar-refractivity contribution in [3.63, 3.8) is 0 Å². The third-order valence-corrected chi connectivity index (χ3v) is 1.99. The molecule has 0 aliphatic heterocycles. The summed E-state index contributed by atoms with van der Waals surface area (Å²) in [5.41, 5.74) is -1.04. The zero-order chi connectivity index (χ0) is 10.1. The topological polar surface area (TPSA) is 12.9 Å². The van der Waals surface area contributed by atoms with Gasteiger partial charge in [-0.15, -0.1) is 0 Å². The Morgan fingerprint density at radius 3 is 2.46 bits per heavy atom. The summed E-state index contributed by atoms with van der Waals surface area (Å²) in [5, 5.41) is 0.00968. The fraction of sp³-hybridized carbons (Fsp3) is 0.286. The lowest BCUT2D eigenvalue weighted by Crippen LogP contribution is -2.07. The van der Waals surface area contributed by atoms with Crippen LogP contribution < -0.4 is 0 Å². The van der Waals surface area contributed by atoms with Gasteiger partial charge >= 0.3 is 6.18 Å². The first-order chi connectivity index (χ1) is 5.95. The standard InChI is InChI=1S/C7H4BrF4N/c8-2-4-1-5(7(10,11)12)3-13-6(4)9/h1,3H,2H2. The van der Waals surface area contributed by atoms with Gasteiger partial charge in [-0.3, -0.25) is 0 Å². The largest absolute Gasteiger partial charge is 0.417 e. The Kier molecular flexibility index (Phi) is 2.90. The molecule has 72 valence electrons. The Labute approximate surface area is 79.9 Å². The average molecular weight is 258 g/mol. The fourth-order valence-electron chi connectivity index (χ4n) is 0.742. The summed E-state index contributed by atoms with van der Waals surface area (Å²) >= 11 is 2.86. The summed E-state index contributed by atoms with van der Waals surface area (Å²) in [5.74, 6) is -0.884. The van der Waals surface area contributed by atoms with Crippen LogP contribution >= 0.6 is 15.9 Å². The van der Waals surface area contributed by atoms with Crippen molar-refractivity contribution in [2.45, 2.75) is 11.5 Å². The number of halogens is 5. The lowest BCUT2D eigenvalue weighted by Gasteiger charge is -2.06. The summed E-state index contributed by atoms with van der Waals surface area (Å²) in [4.78, 5) is 3.00. The lowest BCUT2D eigenvalue weighted by atomic mass is 10.2. The lowest BCUT2D eigenvalue weighted by molar-refractivity contribution is -0.137. The molecule has 6 heteroatoms. The van der Waals surface area contributed by atoms with Crippen molar-refractivity contribution in [1.82, 2.24) is 4.98 Å². The van der Waals surface area contributed by atoms with Crippen LogP contribution in [-0.4, -0.2) is 4.98 Å². The number of nitrogens with zero attached hydrogens (tertiary/aromatic N) is 1. The molecule has 0 aromatic carbocycles. The van der Waals surface area contributed by atoms with Crippen LogP contribution in [0.4, 0.5) is 17.6 Å². The second-order valence-corrected chi connectivity index (χ2v) is 2.87. The molecule has 0 bridgehead atoms. The molecule has 0 aliphatic carbocycles. The number of hydrogen-bond acceptors (Lipinski definition) is 1. The van der Waals surface area contributed by atoms with E-state index < -0.39 is 17.7 Å². The van der Waals surface area contributed by atoms with Crippen LogP contribution in [0.5, 0.6) is 0 Å². The third kappa shape index (κ3) is 2.40. The average Bonchev–Trinajstić information content (AvgIpc) is 2.03. The van der Waals surface area contributed by atoms with E-state index in [9.17, 15) is 17.6 Å². The van der Waals surface area contributed by atoms with Crippen LogP contribution in [0.1, 0.15) is 11.1 Å². The molecule has 0 spiro atoms. The Morgan fingerprint density at radius 2 is 2.00 bits per heavy atom. The van der Waals surface area contributed by atoms with E-state index in [1.165, 1.54) is 0 Å². The Bertz CT molecular complexity index is 310. The predicted octanol–water partition coefficient (Wildman–Crippen LogP) is 3.13. The zero-order valence-electron chi connectivity index (χ0n) is 6.20. The Morgan fingerprint density at radius 1 is 1.38 bits per heavy atom. The molecule has 1 aromatic rings. The highest BCUT2D eigenvalue weighted by atomic mass is 79.9. The van der Waals surface area contributed by atoms with E-state index in [0.717, 1.165) is 6.07 Å². The molecule has 1 aromatic heterocycles. The smallest absolute Gasteiger partial charge is 0.227 e. The molecule has 13 heavy (non-hydrogen) atoms. The molecule has 0 aliphatic rings. The Balaban J connectivity index is 3.14. The highest BCUT2D eigenvalue weighted by Gasteiger charge is 2.31. The molecule has 0 fully saturated rings. The van der Waals surface area contributed by atoms with Gasteiger partial charge in [0.05, 0.1) is 5.56 Å². The monoisotopic (exact) mass is 257 g/mol. The number of alkyl halides is 4. The normalized spacial score (nSPS) is 11.8.